The van der Waals surface area contributed by atoms with E-state index >= 15 is 0 Å². The molecule has 0 amide bonds. The van der Waals surface area contributed by atoms with Gasteiger partial charge in [0.1, 0.15) is 0 Å². The minimum absolute atomic E-state index is 0.0826. The van der Waals surface area contributed by atoms with Crippen LogP contribution in [0.15, 0.2) is 0 Å². The molecule has 2 unspecified atom stereocenters. The van der Waals surface area contributed by atoms with Crippen LogP contribution >= 0.6 is 43.0 Å². The summed E-state index contributed by atoms with van der Waals surface area (Å²) in [4.78, 5) is 12.3. The van der Waals surface area contributed by atoms with E-state index in [-0.39, 0.29) is 15.6 Å². The summed E-state index contributed by atoms with van der Waals surface area (Å²) >= 11 is 1.05. The fourth-order valence-corrected chi connectivity index (χ4v) is 9.71. The van der Waals surface area contributed by atoms with Crippen LogP contribution in [-0.2, 0) is 14.3 Å². The predicted molar refractivity (Wildman–Crippen MR) is 86.4 cm³/mol. The summed E-state index contributed by atoms with van der Waals surface area (Å²) < 4.78 is 17.0. The van der Waals surface area contributed by atoms with Gasteiger partial charge in [0, 0.05) is 0 Å². The molecule has 2 atom stereocenters. The Balaban J connectivity index is 1.97. The zero-order valence-electron chi connectivity index (χ0n) is 11.0. The maximum atomic E-state index is 12.3. The summed E-state index contributed by atoms with van der Waals surface area (Å²) in [7, 11) is 1.60. The number of fused-ring (bicyclic) bond motifs is 1. The molecule has 0 aromatic heterocycles. The molecule has 2 rings (SSSR count). The number of esters is 1. The maximum absolute atomic E-state index is 12.3. The van der Waals surface area contributed by atoms with Crippen molar-refractivity contribution >= 4 is 48.9 Å². The monoisotopic (exact) mass is 482 g/mol. The van der Waals surface area contributed by atoms with E-state index in [1.807, 2.05) is 6.92 Å². The number of nitrogens with one attached hydrogen (secondary N) is 2. The molecule has 2 heterocycles. The Bertz CT molecular complexity index is 341. The number of carbonyl (C=O) groups excluding carboxylic acids is 1. The fourth-order valence-electron chi connectivity index (χ4n) is 1.95. The van der Waals surface area contributed by atoms with Crippen LogP contribution in [-0.4, -0.2) is 26.5 Å². The normalized spacial score (nSPS) is 26.2. The van der Waals surface area contributed by atoms with Gasteiger partial charge in [-0.05, 0) is 0 Å². The van der Waals surface area contributed by atoms with Crippen molar-refractivity contribution in [2.24, 2.45) is 5.92 Å². The standard InChI is InChI=1S/C11H20I2N2O3/c1-5-7(6-2)8(17-4)18-9(16)10(3,12)11-13(14-11)15-11/h7-8,14-15H,5-6H2,1-4H3. The molecule has 0 aromatic carbocycles. The van der Waals surface area contributed by atoms with Crippen molar-refractivity contribution in [1.82, 2.24) is 7.06 Å². The molecule has 0 bridgehead atoms. The van der Waals surface area contributed by atoms with E-state index in [2.05, 4.69) is 43.5 Å². The summed E-state index contributed by atoms with van der Waals surface area (Å²) in [6.45, 7) is 6.11. The van der Waals surface area contributed by atoms with Gasteiger partial charge in [0.05, 0.1) is 0 Å². The van der Waals surface area contributed by atoms with E-state index in [0.29, 0.717) is 0 Å². The van der Waals surface area contributed by atoms with E-state index in [1.54, 1.807) is 7.11 Å². The first-order valence-corrected chi connectivity index (χ1v) is 10.4. The van der Waals surface area contributed by atoms with Gasteiger partial charge in [-0.1, -0.05) is 0 Å². The van der Waals surface area contributed by atoms with Crippen molar-refractivity contribution in [3.63, 3.8) is 0 Å². The molecular formula is C11H20I2N2O3. The third kappa shape index (κ3) is 2.40. The number of hydrogen-bond donors (Lipinski definition) is 2. The number of methoxy groups -OCH3 is 1. The molecule has 2 fully saturated rings. The second kappa shape index (κ2) is 5.30. The molecule has 7 heteroatoms. The van der Waals surface area contributed by atoms with Crippen LogP contribution in [0.5, 0.6) is 0 Å². The number of rotatable bonds is 7. The second-order valence-electron chi connectivity index (χ2n) is 4.72. The van der Waals surface area contributed by atoms with Crippen molar-refractivity contribution < 1.29 is 14.3 Å². The Morgan fingerprint density at radius 2 is 1.94 bits per heavy atom. The van der Waals surface area contributed by atoms with Crippen molar-refractivity contribution in [2.75, 3.05) is 7.11 Å². The van der Waals surface area contributed by atoms with Crippen LogP contribution in [0.1, 0.15) is 33.6 Å². The summed E-state index contributed by atoms with van der Waals surface area (Å²) in [6, 6.07) is 0. The zero-order chi connectivity index (χ0) is 13.6. The van der Waals surface area contributed by atoms with Crippen molar-refractivity contribution in [2.45, 2.75) is 47.0 Å². The molecule has 0 aromatic rings. The first-order chi connectivity index (χ1) is 8.42. The van der Waals surface area contributed by atoms with Gasteiger partial charge in [-0.2, -0.15) is 0 Å². The third-order valence-electron chi connectivity index (χ3n) is 3.58. The van der Waals surface area contributed by atoms with E-state index in [4.69, 9.17) is 9.47 Å². The van der Waals surface area contributed by atoms with Gasteiger partial charge in [-0.3, -0.25) is 0 Å². The van der Waals surface area contributed by atoms with Crippen molar-refractivity contribution in [1.29, 1.82) is 0 Å². The molecule has 2 N–H and O–H groups in total. The van der Waals surface area contributed by atoms with Gasteiger partial charge in [-0.25, -0.2) is 0 Å². The summed E-state index contributed by atoms with van der Waals surface area (Å²) in [5, 5.41) is 0. The molecule has 2 aliphatic rings. The molecule has 0 aliphatic carbocycles. The van der Waals surface area contributed by atoms with E-state index < -0.39 is 30.1 Å². The van der Waals surface area contributed by atoms with Gasteiger partial charge >= 0.3 is 130 Å². The van der Waals surface area contributed by atoms with Crippen LogP contribution in [0.4, 0.5) is 0 Å². The van der Waals surface area contributed by atoms with Gasteiger partial charge in [0.2, 0.25) is 0 Å². The number of carbonyl (C=O) groups is 1. The van der Waals surface area contributed by atoms with Gasteiger partial charge in [0.25, 0.3) is 0 Å². The van der Waals surface area contributed by atoms with Crippen LogP contribution in [0, 0.1) is 5.92 Å². The summed E-state index contributed by atoms with van der Waals surface area (Å²) in [6.07, 6.45) is 1.46. The zero-order valence-corrected chi connectivity index (χ0v) is 15.4. The molecule has 18 heavy (non-hydrogen) atoms. The topological polar surface area (TPSA) is 79.4 Å². The third-order valence-corrected chi connectivity index (χ3v) is 10.7. The van der Waals surface area contributed by atoms with Crippen LogP contribution in [0.2, 0.25) is 0 Å². The molecule has 2 saturated heterocycles. The van der Waals surface area contributed by atoms with E-state index in [9.17, 15) is 4.79 Å². The Morgan fingerprint density at radius 1 is 1.44 bits per heavy atom. The van der Waals surface area contributed by atoms with Crippen LogP contribution in [0.3, 0.4) is 0 Å². The summed E-state index contributed by atoms with van der Waals surface area (Å²) in [5.41, 5.74) is 0. The molecule has 0 saturated carbocycles. The quantitative estimate of drug-likeness (QED) is 0.111. The average molecular weight is 482 g/mol. The molecule has 0 radical (unpaired) electrons. The van der Waals surface area contributed by atoms with Gasteiger partial charge in [0.15, 0.2) is 0 Å². The first-order valence-electron chi connectivity index (χ1n) is 6.11. The molecule has 5 nitrogen and oxygen atoms in total. The number of hydrogen-bond acceptors (Lipinski definition) is 5. The minimum atomic E-state index is -1.14. The number of ether oxygens (including phenoxy) is 2. The fraction of sp³-hybridized carbons (Fsp3) is 0.909. The van der Waals surface area contributed by atoms with Crippen molar-refractivity contribution in [3.05, 3.63) is 0 Å². The van der Waals surface area contributed by atoms with Crippen LogP contribution < -0.4 is 7.06 Å². The predicted octanol–water partition coefficient (Wildman–Crippen LogP) is 2.33. The Labute approximate surface area is 129 Å². The van der Waals surface area contributed by atoms with E-state index in [0.717, 1.165) is 12.8 Å². The summed E-state index contributed by atoms with van der Waals surface area (Å²) in [5.74, 6) is 0.0803. The van der Waals surface area contributed by atoms with Gasteiger partial charge < -0.3 is 0 Å². The number of halogens is 2. The first kappa shape index (κ1) is 15.2. The number of alkyl halides is 2. The molecule has 2 aliphatic heterocycles. The Hall–Kier alpha value is 0.810. The SMILES string of the molecule is CCC(CC)C(OC)OC(=O)C(C)(I)C12NI1N2. The molecular weight excluding hydrogens is 462 g/mol. The van der Waals surface area contributed by atoms with E-state index in [1.165, 1.54) is 0 Å². The molecule has 0 spiro atoms. The average Bonchev–Trinajstić information content (AvgIpc) is 3.17. The van der Waals surface area contributed by atoms with Gasteiger partial charge in [-0.15, -0.1) is 0 Å². The van der Waals surface area contributed by atoms with Crippen molar-refractivity contribution in [3.8, 4) is 0 Å². The Kier molecular flexibility index (Phi) is 4.48. The Morgan fingerprint density at radius 3 is 2.28 bits per heavy atom. The van der Waals surface area contributed by atoms with Crippen LogP contribution in [0.25, 0.3) is 0 Å². The second-order valence-corrected chi connectivity index (χ2v) is 11.2. The molecule has 106 valence electrons.